The Morgan fingerprint density at radius 1 is 1.22 bits per heavy atom. The second kappa shape index (κ2) is 8.99. The van der Waals surface area contributed by atoms with E-state index in [1.54, 1.807) is 26.2 Å². The van der Waals surface area contributed by atoms with Crippen LogP contribution in [0, 0.1) is 0 Å². The van der Waals surface area contributed by atoms with Crippen LogP contribution >= 0.6 is 12.4 Å². The standard InChI is InChI=1S/C16H27N3O2S.ClH/c1-18(2)22(20,21)16-8-6-14(7-9-16)13-19-12-4-3-5-15(19)10-11-17;/h6-9,15H,3-5,10-13,17H2,1-2H3;1H. The zero-order valence-corrected chi connectivity index (χ0v) is 15.6. The highest BCUT2D eigenvalue weighted by atomic mass is 35.5. The minimum absolute atomic E-state index is 0. The van der Waals surface area contributed by atoms with Gasteiger partial charge in [-0.2, -0.15) is 0 Å². The van der Waals surface area contributed by atoms with Crippen LogP contribution in [0.1, 0.15) is 31.2 Å². The molecule has 0 saturated carbocycles. The molecule has 7 heteroatoms. The first-order valence-electron chi connectivity index (χ1n) is 7.90. The van der Waals surface area contributed by atoms with Crippen LogP contribution < -0.4 is 5.73 Å². The smallest absolute Gasteiger partial charge is 0.242 e. The lowest BCUT2D eigenvalue weighted by Gasteiger charge is -2.35. The van der Waals surface area contributed by atoms with Crippen molar-refractivity contribution in [3.05, 3.63) is 29.8 Å². The molecule has 1 atom stereocenters. The Morgan fingerprint density at radius 2 is 1.87 bits per heavy atom. The van der Waals surface area contributed by atoms with Crippen LogP contribution in [0.15, 0.2) is 29.2 Å². The van der Waals surface area contributed by atoms with E-state index in [0.29, 0.717) is 10.9 Å². The molecule has 1 aliphatic rings. The van der Waals surface area contributed by atoms with Crippen LogP contribution in [0.2, 0.25) is 0 Å². The molecule has 1 aliphatic heterocycles. The number of rotatable bonds is 6. The van der Waals surface area contributed by atoms with Crippen molar-refractivity contribution in [1.82, 2.24) is 9.21 Å². The average molecular weight is 362 g/mol. The first-order chi connectivity index (χ1) is 10.4. The van der Waals surface area contributed by atoms with E-state index < -0.39 is 10.0 Å². The Bertz CT molecular complexity index is 573. The lowest BCUT2D eigenvalue weighted by Crippen LogP contribution is -2.40. The summed E-state index contributed by atoms with van der Waals surface area (Å²) in [5, 5.41) is 0. The molecular formula is C16H28ClN3O2S. The fraction of sp³-hybridized carbons (Fsp3) is 0.625. The summed E-state index contributed by atoms with van der Waals surface area (Å²) in [5.74, 6) is 0. The van der Waals surface area contributed by atoms with Gasteiger partial charge in [-0.25, -0.2) is 12.7 Å². The van der Waals surface area contributed by atoms with Crippen molar-refractivity contribution < 1.29 is 8.42 Å². The average Bonchev–Trinajstić information content (AvgIpc) is 2.50. The Hall–Kier alpha value is -0.660. The molecule has 1 fully saturated rings. The fourth-order valence-corrected chi connectivity index (χ4v) is 3.90. The summed E-state index contributed by atoms with van der Waals surface area (Å²) in [7, 11) is -0.243. The molecule has 23 heavy (non-hydrogen) atoms. The molecule has 0 spiro atoms. The van der Waals surface area contributed by atoms with Gasteiger partial charge in [0.05, 0.1) is 4.90 Å². The number of hydrogen-bond donors (Lipinski definition) is 1. The Labute approximate surface area is 146 Å². The summed E-state index contributed by atoms with van der Waals surface area (Å²) < 4.78 is 25.4. The number of nitrogens with two attached hydrogens (primary N) is 1. The summed E-state index contributed by atoms with van der Waals surface area (Å²) in [6.07, 6.45) is 4.76. The third-order valence-corrected chi connectivity index (χ3v) is 6.17. The van der Waals surface area contributed by atoms with Crippen molar-refractivity contribution in [2.24, 2.45) is 5.73 Å². The number of piperidine rings is 1. The molecule has 0 aliphatic carbocycles. The van der Waals surface area contributed by atoms with Crippen LogP contribution in [0.3, 0.4) is 0 Å². The summed E-state index contributed by atoms with van der Waals surface area (Å²) in [4.78, 5) is 2.82. The van der Waals surface area contributed by atoms with E-state index in [2.05, 4.69) is 4.90 Å². The summed E-state index contributed by atoms with van der Waals surface area (Å²) in [5.41, 5.74) is 6.87. The second-order valence-electron chi connectivity index (χ2n) is 6.13. The first kappa shape index (κ1) is 20.4. The maximum absolute atomic E-state index is 12.1. The highest BCUT2D eigenvalue weighted by Crippen LogP contribution is 2.22. The summed E-state index contributed by atoms with van der Waals surface area (Å²) >= 11 is 0. The molecule has 0 aromatic heterocycles. The molecule has 1 aromatic rings. The molecule has 5 nitrogen and oxygen atoms in total. The van der Waals surface area contributed by atoms with Crippen molar-refractivity contribution in [2.75, 3.05) is 27.2 Å². The molecule has 0 radical (unpaired) electrons. The lowest BCUT2D eigenvalue weighted by atomic mass is 9.98. The van der Waals surface area contributed by atoms with E-state index in [1.165, 1.54) is 23.6 Å². The van der Waals surface area contributed by atoms with E-state index in [9.17, 15) is 8.42 Å². The molecular weight excluding hydrogens is 334 g/mol. The fourth-order valence-electron chi connectivity index (χ4n) is 3.00. The Balaban J connectivity index is 0.00000264. The highest BCUT2D eigenvalue weighted by Gasteiger charge is 2.22. The largest absolute Gasteiger partial charge is 0.330 e. The van der Waals surface area contributed by atoms with Gasteiger partial charge >= 0.3 is 0 Å². The van der Waals surface area contributed by atoms with Crippen molar-refractivity contribution in [1.29, 1.82) is 0 Å². The molecule has 2 N–H and O–H groups in total. The quantitative estimate of drug-likeness (QED) is 0.842. The molecule has 1 saturated heterocycles. The number of hydrogen-bond acceptors (Lipinski definition) is 4. The van der Waals surface area contributed by atoms with Gasteiger partial charge in [0.25, 0.3) is 0 Å². The van der Waals surface area contributed by atoms with Crippen LogP contribution in [0.5, 0.6) is 0 Å². The zero-order chi connectivity index (χ0) is 16.2. The van der Waals surface area contributed by atoms with Gasteiger partial charge in [-0.15, -0.1) is 12.4 Å². The van der Waals surface area contributed by atoms with Crippen LogP contribution in [0.25, 0.3) is 0 Å². The Morgan fingerprint density at radius 3 is 2.43 bits per heavy atom. The van der Waals surface area contributed by atoms with Gasteiger partial charge in [0.2, 0.25) is 10.0 Å². The third-order valence-electron chi connectivity index (χ3n) is 4.34. The molecule has 132 valence electrons. The van der Waals surface area contributed by atoms with Gasteiger partial charge in [0.15, 0.2) is 0 Å². The molecule has 1 aromatic carbocycles. The number of nitrogens with zero attached hydrogens (tertiary/aromatic N) is 2. The lowest BCUT2D eigenvalue weighted by molar-refractivity contribution is 0.134. The predicted octanol–water partition coefficient (Wildman–Crippen LogP) is 2.06. The third kappa shape index (κ3) is 5.16. The van der Waals surface area contributed by atoms with Crippen LogP contribution in [0.4, 0.5) is 0 Å². The summed E-state index contributed by atoms with van der Waals surface area (Å²) in [6.45, 7) is 2.69. The van der Waals surface area contributed by atoms with E-state index in [0.717, 1.165) is 31.6 Å². The normalized spacial score (nSPS) is 19.6. The number of benzene rings is 1. The van der Waals surface area contributed by atoms with Crippen molar-refractivity contribution in [3.63, 3.8) is 0 Å². The van der Waals surface area contributed by atoms with Gasteiger partial charge in [-0.05, 0) is 50.0 Å². The van der Waals surface area contributed by atoms with Crippen LogP contribution in [-0.4, -0.2) is 50.8 Å². The first-order valence-corrected chi connectivity index (χ1v) is 9.34. The van der Waals surface area contributed by atoms with E-state index in [-0.39, 0.29) is 12.4 Å². The monoisotopic (exact) mass is 361 g/mol. The summed E-state index contributed by atoms with van der Waals surface area (Å²) in [6, 6.07) is 7.80. The molecule has 0 bridgehead atoms. The minimum atomic E-state index is -3.34. The van der Waals surface area contributed by atoms with Crippen molar-refractivity contribution in [2.45, 2.75) is 43.2 Å². The van der Waals surface area contributed by atoms with Gasteiger partial charge in [0, 0.05) is 26.7 Å². The van der Waals surface area contributed by atoms with Gasteiger partial charge in [-0.1, -0.05) is 18.6 Å². The topological polar surface area (TPSA) is 66.6 Å². The van der Waals surface area contributed by atoms with Gasteiger partial charge in [0.1, 0.15) is 0 Å². The highest BCUT2D eigenvalue weighted by molar-refractivity contribution is 7.89. The molecule has 2 rings (SSSR count). The molecule has 1 unspecified atom stereocenters. The maximum Gasteiger partial charge on any atom is 0.242 e. The maximum atomic E-state index is 12.1. The SMILES string of the molecule is CN(C)S(=O)(=O)c1ccc(CN2CCCCC2CCN)cc1.Cl. The predicted molar refractivity (Wildman–Crippen MR) is 96.3 cm³/mol. The number of sulfonamides is 1. The van der Waals surface area contributed by atoms with Gasteiger partial charge in [-0.3, -0.25) is 4.90 Å². The van der Waals surface area contributed by atoms with E-state index >= 15 is 0 Å². The molecule has 1 heterocycles. The Kier molecular flexibility index (Phi) is 7.97. The van der Waals surface area contributed by atoms with Crippen LogP contribution in [-0.2, 0) is 16.6 Å². The number of halogens is 1. The zero-order valence-electron chi connectivity index (χ0n) is 13.9. The second-order valence-corrected chi connectivity index (χ2v) is 8.28. The van der Waals surface area contributed by atoms with Gasteiger partial charge < -0.3 is 5.73 Å². The molecule has 0 amide bonds. The van der Waals surface area contributed by atoms with Crippen molar-refractivity contribution >= 4 is 22.4 Å². The van der Waals surface area contributed by atoms with Crippen molar-refractivity contribution in [3.8, 4) is 0 Å². The number of likely N-dealkylation sites (tertiary alicyclic amines) is 1. The van der Waals surface area contributed by atoms with E-state index in [4.69, 9.17) is 5.73 Å². The van der Waals surface area contributed by atoms with E-state index in [1.807, 2.05) is 12.1 Å². The minimum Gasteiger partial charge on any atom is -0.330 e.